The number of aliphatic hydroxyl groups is 2. The molecule has 4 nitrogen and oxygen atoms in total. The zero-order chi connectivity index (χ0) is 14.9. The number of benzene rings is 1. The standard InChI is InChI=1S/C14H16FNO3S/c1-8-11-9(15)4-3-5-10(11)20-12(8)13(18)16-6-14(2,19)7-17/h3-5,17,19H,6-7H2,1-2H3,(H,16,18). The van der Waals surface area contributed by atoms with E-state index in [1.165, 1.54) is 24.3 Å². The Bertz CT molecular complexity index is 651. The predicted octanol–water partition coefficient (Wildman–Crippen LogP) is 1.82. The number of hydrogen-bond acceptors (Lipinski definition) is 4. The van der Waals surface area contributed by atoms with Gasteiger partial charge in [-0.15, -0.1) is 11.3 Å². The minimum atomic E-state index is -1.37. The van der Waals surface area contributed by atoms with Gasteiger partial charge in [-0.05, 0) is 31.5 Å². The molecule has 1 aromatic heterocycles. The highest BCUT2D eigenvalue weighted by molar-refractivity contribution is 7.21. The summed E-state index contributed by atoms with van der Waals surface area (Å²) in [5, 5.41) is 21.6. The van der Waals surface area contributed by atoms with Crippen molar-refractivity contribution in [3.8, 4) is 0 Å². The molecule has 0 bridgehead atoms. The summed E-state index contributed by atoms with van der Waals surface area (Å²) in [6.07, 6.45) is 0. The smallest absolute Gasteiger partial charge is 0.261 e. The van der Waals surface area contributed by atoms with Crippen molar-refractivity contribution >= 4 is 27.3 Å². The molecule has 108 valence electrons. The molecule has 1 aromatic carbocycles. The molecule has 3 N–H and O–H groups in total. The van der Waals surface area contributed by atoms with Crippen LogP contribution >= 0.6 is 11.3 Å². The van der Waals surface area contributed by atoms with Crippen molar-refractivity contribution in [2.24, 2.45) is 0 Å². The highest BCUT2D eigenvalue weighted by Crippen LogP contribution is 2.32. The van der Waals surface area contributed by atoms with Gasteiger partial charge < -0.3 is 15.5 Å². The van der Waals surface area contributed by atoms with E-state index in [1.54, 1.807) is 19.1 Å². The Kier molecular flexibility index (Phi) is 4.08. The number of aliphatic hydroxyl groups excluding tert-OH is 1. The van der Waals surface area contributed by atoms with E-state index >= 15 is 0 Å². The van der Waals surface area contributed by atoms with Crippen molar-refractivity contribution in [1.29, 1.82) is 0 Å². The first-order chi connectivity index (χ1) is 9.35. The lowest BCUT2D eigenvalue weighted by Gasteiger charge is -2.20. The quantitative estimate of drug-likeness (QED) is 0.806. The van der Waals surface area contributed by atoms with Crippen LogP contribution in [0.3, 0.4) is 0 Å². The van der Waals surface area contributed by atoms with Gasteiger partial charge in [0.15, 0.2) is 0 Å². The van der Waals surface area contributed by atoms with Crippen molar-refractivity contribution in [3.05, 3.63) is 34.5 Å². The number of fused-ring (bicyclic) bond motifs is 1. The van der Waals surface area contributed by atoms with Crippen LogP contribution in [0.2, 0.25) is 0 Å². The molecule has 0 aliphatic carbocycles. The number of amides is 1. The Labute approximate surface area is 119 Å². The third-order valence-electron chi connectivity index (χ3n) is 3.08. The van der Waals surface area contributed by atoms with Crippen LogP contribution in [0, 0.1) is 12.7 Å². The van der Waals surface area contributed by atoms with Crippen LogP contribution in [0.1, 0.15) is 22.2 Å². The second kappa shape index (κ2) is 5.47. The lowest BCUT2D eigenvalue weighted by Crippen LogP contribution is -2.43. The maximum Gasteiger partial charge on any atom is 0.261 e. The molecule has 20 heavy (non-hydrogen) atoms. The van der Waals surface area contributed by atoms with E-state index in [1.807, 2.05) is 0 Å². The molecule has 0 aliphatic rings. The number of carbonyl (C=O) groups is 1. The van der Waals surface area contributed by atoms with E-state index in [4.69, 9.17) is 5.11 Å². The zero-order valence-electron chi connectivity index (χ0n) is 11.2. The first kappa shape index (κ1) is 14.9. The molecule has 2 aromatic rings. The fraction of sp³-hybridized carbons (Fsp3) is 0.357. The zero-order valence-corrected chi connectivity index (χ0v) is 12.1. The van der Waals surface area contributed by atoms with Crippen molar-refractivity contribution in [1.82, 2.24) is 5.32 Å². The second-order valence-electron chi connectivity index (χ2n) is 5.01. The average molecular weight is 297 g/mol. The Balaban J connectivity index is 2.27. The van der Waals surface area contributed by atoms with Gasteiger partial charge >= 0.3 is 0 Å². The fourth-order valence-electron chi connectivity index (χ4n) is 1.88. The first-order valence-electron chi connectivity index (χ1n) is 6.15. The summed E-state index contributed by atoms with van der Waals surface area (Å²) in [6, 6.07) is 4.73. The van der Waals surface area contributed by atoms with Gasteiger partial charge in [-0.25, -0.2) is 4.39 Å². The van der Waals surface area contributed by atoms with Crippen LogP contribution in [-0.2, 0) is 0 Å². The van der Waals surface area contributed by atoms with Crippen molar-refractivity contribution in [2.45, 2.75) is 19.4 Å². The Hall–Kier alpha value is -1.50. The molecule has 1 atom stereocenters. The van der Waals surface area contributed by atoms with Crippen LogP contribution < -0.4 is 5.32 Å². The van der Waals surface area contributed by atoms with Gasteiger partial charge in [0.1, 0.15) is 11.4 Å². The summed E-state index contributed by atoms with van der Waals surface area (Å²) in [6.45, 7) is 2.59. The second-order valence-corrected chi connectivity index (χ2v) is 6.06. The monoisotopic (exact) mass is 297 g/mol. The summed E-state index contributed by atoms with van der Waals surface area (Å²) in [5.74, 6) is -0.727. The SMILES string of the molecule is Cc1c(C(=O)NCC(C)(O)CO)sc2cccc(F)c12. The van der Waals surface area contributed by atoms with Crippen LogP contribution in [0.4, 0.5) is 4.39 Å². The number of rotatable bonds is 4. The molecule has 0 radical (unpaired) electrons. The van der Waals surface area contributed by atoms with E-state index in [9.17, 15) is 14.3 Å². The number of nitrogens with one attached hydrogen (secondary N) is 1. The summed E-state index contributed by atoms with van der Waals surface area (Å²) in [7, 11) is 0. The molecular weight excluding hydrogens is 281 g/mol. The molecule has 0 saturated heterocycles. The van der Waals surface area contributed by atoms with Gasteiger partial charge in [-0.3, -0.25) is 4.79 Å². The van der Waals surface area contributed by atoms with Crippen LogP contribution in [-0.4, -0.2) is 34.9 Å². The molecule has 2 rings (SSSR count). The largest absolute Gasteiger partial charge is 0.393 e. The van der Waals surface area contributed by atoms with Gasteiger partial charge in [-0.1, -0.05) is 6.07 Å². The van der Waals surface area contributed by atoms with Gasteiger partial charge in [0.25, 0.3) is 5.91 Å². The van der Waals surface area contributed by atoms with E-state index in [0.29, 0.717) is 20.5 Å². The van der Waals surface area contributed by atoms with Gasteiger partial charge in [0.2, 0.25) is 0 Å². The van der Waals surface area contributed by atoms with Crippen LogP contribution in [0.25, 0.3) is 10.1 Å². The molecule has 0 spiro atoms. The lowest BCUT2D eigenvalue weighted by molar-refractivity contribution is 0.00323. The van der Waals surface area contributed by atoms with Gasteiger partial charge in [0.05, 0.1) is 11.5 Å². The fourth-order valence-corrected chi connectivity index (χ4v) is 3.02. The van der Waals surface area contributed by atoms with E-state index in [-0.39, 0.29) is 18.3 Å². The third-order valence-corrected chi connectivity index (χ3v) is 4.34. The molecule has 0 aliphatic heterocycles. The first-order valence-corrected chi connectivity index (χ1v) is 6.96. The third kappa shape index (κ3) is 2.82. The molecule has 0 fully saturated rings. The number of carbonyl (C=O) groups excluding carboxylic acids is 1. The molecular formula is C14H16FNO3S. The molecule has 1 unspecified atom stereocenters. The van der Waals surface area contributed by atoms with Crippen molar-refractivity contribution < 1.29 is 19.4 Å². The summed E-state index contributed by atoms with van der Waals surface area (Å²) >= 11 is 1.21. The molecule has 1 heterocycles. The van der Waals surface area contributed by atoms with E-state index < -0.39 is 12.2 Å². The predicted molar refractivity (Wildman–Crippen MR) is 76.6 cm³/mol. The maximum absolute atomic E-state index is 13.8. The minimum absolute atomic E-state index is 0.0709. The van der Waals surface area contributed by atoms with Crippen molar-refractivity contribution in [3.63, 3.8) is 0 Å². The highest BCUT2D eigenvalue weighted by atomic mass is 32.1. The number of halogens is 1. The Morgan fingerprint density at radius 2 is 2.20 bits per heavy atom. The van der Waals surface area contributed by atoms with Crippen LogP contribution in [0.5, 0.6) is 0 Å². The summed E-state index contributed by atoms with van der Waals surface area (Å²) in [5.41, 5.74) is -0.782. The average Bonchev–Trinajstić information content (AvgIpc) is 2.75. The lowest BCUT2D eigenvalue weighted by atomic mass is 10.1. The van der Waals surface area contributed by atoms with Gasteiger partial charge in [0, 0.05) is 16.6 Å². The normalized spacial score (nSPS) is 14.2. The molecule has 1 amide bonds. The van der Waals surface area contributed by atoms with Crippen LogP contribution in [0.15, 0.2) is 18.2 Å². The number of aryl methyl sites for hydroxylation is 1. The number of hydrogen-bond donors (Lipinski definition) is 3. The Morgan fingerprint density at radius 1 is 1.50 bits per heavy atom. The Morgan fingerprint density at radius 3 is 2.80 bits per heavy atom. The highest BCUT2D eigenvalue weighted by Gasteiger charge is 2.22. The maximum atomic E-state index is 13.8. The van der Waals surface area contributed by atoms with E-state index in [2.05, 4.69) is 5.32 Å². The van der Waals surface area contributed by atoms with Gasteiger partial charge in [-0.2, -0.15) is 0 Å². The minimum Gasteiger partial charge on any atom is -0.393 e. The molecule has 6 heteroatoms. The molecule has 0 saturated carbocycles. The topological polar surface area (TPSA) is 69.6 Å². The summed E-state index contributed by atoms with van der Waals surface area (Å²) in [4.78, 5) is 12.5. The summed E-state index contributed by atoms with van der Waals surface area (Å²) < 4.78 is 14.5. The van der Waals surface area contributed by atoms with E-state index in [0.717, 1.165) is 0 Å². The van der Waals surface area contributed by atoms with Crippen molar-refractivity contribution in [2.75, 3.05) is 13.2 Å². The number of thiophene rings is 1.